The van der Waals surface area contributed by atoms with Gasteiger partial charge in [-0.2, -0.15) is 0 Å². The first-order valence-corrected chi connectivity index (χ1v) is 8.70. The fourth-order valence-electron chi connectivity index (χ4n) is 2.19. The number of amides is 1. The summed E-state index contributed by atoms with van der Waals surface area (Å²) in [7, 11) is 1.91. The van der Waals surface area contributed by atoms with Gasteiger partial charge in [0.25, 0.3) is 0 Å². The molecule has 0 aliphatic carbocycles. The fraction of sp³-hybridized carbons (Fsp3) is 0.375. The number of imidazole rings is 1. The van der Waals surface area contributed by atoms with Gasteiger partial charge in [-0.05, 0) is 50.0 Å². The Kier molecular flexibility index (Phi) is 6.56. The molecule has 1 aromatic carbocycles. The van der Waals surface area contributed by atoms with E-state index in [0.29, 0.717) is 24.5 Å². The zero-order valence-corrected chi connectivity index (χ0v) is 15.7. The van der Waals surface area contributed by atoms with Gasteiger partial charge in [0.05, 0.1) is 13.2 Å². The number of hydrogen-bond acceptors (Lipinski definition) is 3. The molecule has 0 radical (unpaired) electrons. The van der Waals surface area contributed by atoms with Gasteiger partial charge in [0, 0.05) is 29.1 Å². The predicted octanol–water partition coefficient (Wildman–Crippen LogP) is 3.19. The minimum Gasteiger partial charge on any atom is -0.355 e. The summed E-state index contributed by atoms with van der Waals surface area (Å²) >= 11 is 8.96. The SMILES string of the molecule is CCCNC(=O)CN(C)Cn1ccn(-c2ccc(Br)cc2)c1=S. The van der Waals surface area contributed by atoms with Gasteiger partial charge in [0.2, 0.25) is 5.91 Å². The molecule has 0 bridgehead atoms. The van der Waals surface area contributed by atoms with E-state index in [1.165, 1.54) is 0 Å². The number of carbonyl (C=O) groups is 1. The average molecular weight is 397 g/mol. The first-order valence-electron chi connectivity index (χ1n) is 7.50. The predicted molar refractivity (Wildman–Crippen MR) is 98.2 cm³/mol. The van der Waals surface area contributed by atoms with Crippen molar-refractivity contribution in [1.82, 2.24) is 19.4 Å². The van der Waals surface area contributed by atoms with E-state index in [1.807, 2.05) is 64.7 Å². The summed E-state index contributed by atoms with van der Waals surface area (Å²) in [6, 6.07) is 7.98. The smallest absolute Gasteiger partial charge is 0.234 e. The maximum absolute atomic E-state index is 11.7. The molecular formula is C16H21BrN4OS. The number of halogens is 1. The van der Waals surface area contributed by atoms with Crippen molar-refractivity contribution in [3.05, 3.63) is 45.9 Å². The molecule has 0 aliphatic rings. The molecule has 2 aromatic rings. The Morgan fingerprint density at radius 2 is 2.00 bits per heavy atom. The summed E-state index contributed by atoms with van der Waals surface area (Å²) < 4.78 is 5.63. The van der Waals surface area contributed by atoms with Crippen molar-refractivity contribution >= 4 is 34.1 Å². The summed E-state index contributed by atoms with van der Waals surface area (Å²) in [6.45, 7) is 3.67. The Labute approximate surface area is 150 Å². The molecule has 1 heterocycles. The molecule has 1 N–H and O–H groups in total. The van der Waals surface area contributed by atoms with E-state index in [2.05, 4.69) is 21.2 Å². The number of rotatable bonds is 7. The van der Waals surface area contributed by atoms with Gasteiger partial charge in [0.1, 0.15) is 0 Å². The summed E-state index contributed by atoms with van der Waals surface area (Å²) in [5, 5.41) is 2.87. The monoisotopic (exact) mass is 396 g/mol. The number of aromatic nitrogens is 2. The minimum atomic E-state index is 0.0354. The van der Waals surface area contributed by atoms with Gasteiger partial charge in [-0.25, -0.2) is 0 Å². The molecular weight excluding hydrogens is 376 g/mol. The Hall–Kier alpha value is -1.44. The largest absolute Gasteiger partial charge is 0.355 e. The van der Waals surface area contributed by atoms with Crippen molar-refractivity contribution < 1.29 is 4.79 Å². The van der Waals surface area contributed by atoms with Crippen molar-refractivity contribution in [1.29, 1.82) is 0 Å². The highest BCUT2D eigenvalue weighted by molar-refractivity contribution is 9.10. The van der Waals surface area contributed by atoms with Crippen molar-refractivity contribution in [3.63, 3.8) is 0 Å². The first kappa shape index (κ1) is 17.9. The van der Waals surface area contributed by atoms with Gasteiger partial charge < -0.3 is 9.88 Å². The summed E-state index contributed by atoms with van der Waals surface area (Å²) in [5.74, 6) is 0.0354. The van der Waals surface area contributed by atoms with Crippen LogP contribution >= 0.6 is 28.1 Å². The van der Waals surface area contributed by atoms with Crippen LogP contribution in [0.25, 0.3) is 5.69 Å². The van der Waals surface area contributed by atoms with Crippen molar-refractivity contribution in [2.45, 2.75) is 20.0 Å². The molecule has 0 spiro atoms. The van der Waals surface area contributed by atoms with Crippen LogP contribution in [0.5, 0.6) is 0 Å². The van der Waals surface area contributed by atoms with E-state index in [0.717, 1.165) is 16.6 Å². The molecule has 23 heavy (non-hydrogen) atoms. The lowest BCUT2D eigenvalue weighted by atomic mass is 10.3. The first-order chi connectivity index (χ1) is 11.0. The summed E-state index contributed by atoms with van der Waals surface area (Å²) in [6.07, 6.45) is 4.82. The lowest BCUT2D eigenvalue weighted by molar-refractivity contribution is -0.122. The van der Waals surface area contributed by atoms with E-state index in [1.54, 1.807) is 0 Å². The van der Waals surface area contributed by atoms with E-state index in [-0.39, 0.29) is 5.91 Å². The van der Waals surface area contributed by atoms with E-state index >= 15 is 0 Å². The second-order valence-corrected chi connectivity index (χ2v) is 6.68. The molecule has 0 fully saturated rings. The summed E-state index contributed by atoms with van der Waals surface area (Å²) in [4.78, 5) is 13.7. The second kappa shape index (κ2) is 8.42. The van der Waals surface area contributed by atoms with E-state index in [9.17, 15) is 4.79 Å². The normalized spacial score (nSPS) is 11.0. The lowest BCUT2D eigenvalue weighted by Gasteiger charge is -2.16. The number of nitrogens with one attached hydrogen (secondary N) is 1. The highest BCUT2D eigenvalue weighted by Crippen LogP contribution is 2.15. The number of carbonyl (C=O) groups excluding carboxylic acids is 1. The number of likely N-dealkylation sites (N-methyl/N-ethyl adjacent to an activating group) is 1. The zero-order valence-electron chi connectivity index (χ0n) is 13.3. The lowest BCUT2D eigenvalue weighted by Crippen LogP contribution is -2.36. The topological polar surface area (TPSA) is 42.2 Å². The Bertz CT molecular complexity index is 708. The van der Waals surface area contributed by atoms with Crippen LogP contribution in [0.3, 0.4) is 0 Å². The van der Waals surface area contributed by atoms with Crippen molar-refractivity contribution in [2.75, 3.05) is 20.1 Å². The molecule has 2 rings (SSSR count). The van der Waals surface area contributed by atoms with Gasteiger partial charge >= 0.3 is 0 Å². The van der Waals surface area contributed by atoms with E-state index in [4.69, 9.17) is 12.2 Å². The quantitative estimate of drug-likeness (QED) is 0.730. The molecule has 0 aliphatic heterocycles. The van der Waals surface area contributed by atoms with Crippen LogP contribution in [0.2, 0.25) is 0 Å². The highest BCUT2D eigenvalue weighted by atomic mass is 79.9. The van der Waals surface area contributed by atoms with Crippen molar-refractivity contribution in [3.8, 4) is 5.69 Å². The number of nitrogens with zero attached hydrogens (tertiary/aromatic N) is 3. The zero-order chi connectivity index (χ0) is 16.8. The van der Waals surface area contributed by atoms with Crippen LogP contribution in [-0.4, -0.2) is 40.1 Å². The third-order valence-electron chi connectivity index (χ3n) is 3.33. The molecule has 1 aromatic heterocycles. The Balaban J connectivity index is 2.03. The van der Waals surface area contributed by atoms with Gasteiger partial charge in [0.15, 0.2) is 4.77 Å². The van der Waals surface area contributed by atoms with Crippen LogP contribution in [0.15, 0.2) is 41.1 Å². The highest BCUT2D eigenvalue weighted by Gasteiger charge is 2.08. The number of hydrogen-bond donors (Lipinski definition) is 1. The average Bonchev–Trinajstić information content (AvgIpc) is 2.87. The van der Waals surface area contributed by atoms with Gasteiger partial charge in [-0.1, -0.05) is 22.9 Å². The molecule has 1 amide bonds. The molecule has 0 atom stereocenters. The van der Waals surface area contributed by atoms with Crippen LogP contribution < -0.4 is 5.32 Å². The molecule has 0 saturated carbocycles. The molecule has 5 nitrogen and oxygen atoms in total. The standard InChI is InChI=1S/C16H21BrN4OS/c1-3-8-18-15(22)11-19(2)12-20-9-10-21(16(20)23)14-6-4-13(17)5-7-14/h4-7,9-10H,3,8,11-12H2,1-2H3,(H,18,22). The van der Waals surface area contributed by atoms with Crippen LogP contribution in [0.4, 0.5) is 0 Å². The third kappa shape index (κ3) is 5.02. The molecule has 0 saturated heterocycles. The fourth-order valence-corrected chi connectivity index (χ4v) is 2.74. The van der Waals surface area contributed by atoms with Crippen LogP contribution in [0, 0.1) is 4.77 Å². The van der Waals surface area contributed by atoms with Gasteiger partial charge in [-0.3, -0.25) is 14.3 Å². The maximum Gasteiger partial charge on any atom is 0.234 e. The second-order valence-electron chi connectivity index (χ2n) is 5.40. The minimum absolute atomic E-state index is 0.0354. The van der Waals surface area contributed by atoms with E-state index < -0.39 is 0 Å². The maximum atomic E-state index is 11.7. The van der Waals surface area contributed by atoms with Gasteiger partial charge in [-0.15, -0.1) is 0 Å². The molecule has 7 heteroatoms. The molecule has 0 unspecified atom stereocenters. The third-order valence-corrected chi connectivity index (χ3v) is 4.29. The van der Waals surface area contributed by atoms with Crippen LogP contribution in [-0.2, 0) is 11.5 Å². The van der Waals surface area contributed by atoms with Crippen LogP contribution in [0.1, 0.15) is 13.3 Å². The molecule has 124 valence electrons. The Morgan fingerprint density at radius 3 is 2.65 bits per heavy atom. The number of benzene rings is 1. The van der Waals surface area contributed by atoms with Crippen molar-refractivity contribution in [2.24, 2.45) is 0 Å². The summed E-state index contributed by atoms with van der Waals surface area (Å²) in [5.41, 5.74) is 1.01. The Morgan fingerprint density at radius 1 is 1.30 bits per heavy atom.